The number of rotatable bonds is 9. The van der Waals surface area contributed by atoms with Gasteiger partial charge in [-0.1, -0.05) is 17.7 Å². The third-order valence-corrected chi connectivity index (χ3v) is 7.73. The predicted octanol–water partition coefficient (Wildman–Crippen LogP) is 3.51. The van der Waals surface area contributed by atoms with Crippen molar-refractivity contribution in [3.8, 4) is 11.5 Å². The number of benzene rings is 2. The maximum atomic E-state index is 12.9. The Morgan fingerprint density at radius 2 is 1.84 bits per heavy atom. The molecule has 0 spiro atoms. The van der Waals surface area contributed by atoms with Gasteiger partial charge in [-0.25, -0.2) is 8.42 Å². The molecule has 1 N–H and O–H groups in total. The van der Waals surface area contributed by atoms with E-state index in [-0.39, 0.29) is 23.3 Å². The second-order valence-electron chi connectivity index (χ2n) is 7.74. The second kappa shape index (κ2) is 11.0. The minimum atomic E-state index is -3.65. The van der Waals surface area contributed by atoms with Gasteiger partial charge < -0.3 is 14.8 Å². The van der Waals surface area contributed by atoms with Crippen LogP contribution in [0.3, 0.4) is 0 Å². The van der Waals surface area contributed by atoms with Crippen molar-refractivity contribution in [1.29, 1.82) is 0 Å². The van der Waals surface area contributed by atoms with Crippen LogP contribution in [0.25, 0.3) is 0 Å². The van der Waals surface area contributed by atoms with Crippen LogP contribution in [0.15, 0.2) is 47.4 Å². The molecular formula is C23H29ClN2O5S. The van der Waals surface area contributed by atoms with Crippen LogP contribution in [0, 0.1) is 5.92 Å². The first-order chi connectivity index (χ1) is 15.3. The maximum Gasteiger partial charge on any atom is 0.243 e. The SMILES string of the molecule is COc1ccc(CCCNC(=O)[C@@H]2CCCN(S(=O)(=O)c3ccc(Cl)cc3)C2)cc1OC. The first-order valence-corrected chi connectivity index (χ1v) is 12.4. The molecule has 1 atom stereocenters. The lowest BCUT2D eigenvalue weighted by molar-refractivity contribution is -0.126. The fourth-order valence-corrected chi connectivity index (χ4v) is 5.46. The highest BCUT2D eigenvalue weighted by Crippen LogP contribution is 2.28. The van der Waals surface area contributed by atoms with Gasteiger partial charge in [-0.2, -0.15) is 4.31 Å². The monoisotopic (exact) mass is 480 g/mol. The molecule has 174 valence electrons. The topological polar surface area (TPSA) is 84.9 Å². The average Bonchev–Trinajstić information content (AvgIpc) is 2.81. The minimum Gasteiger partial charge on any atom is -0.493 e. The predicted molar refractivity (Wildman–Crippen MR) is 124 cm³/mol. The summed E-state index contributed by atoms with van der Waals surface area (Å²) in [6.07, 6.45) is 2.87. The Balaban J connectivity index is 1.50. The van der Waals surface area contributed by atoms with Crippen molar-refractivity contribution in [2.75, 3.05) is 33.9 Å². The molecule has 1 fully saturated rings. The highest BCUT2D eigenvalue weighted by atomic mass is 35.5. The number of carbonyl (C=O) groups excluding carboxylic acids is 1. The number of sulfonamides is 1. The average molecular weight is 481 g/mol. The summed E-state index contributed by atoms with van der Waals surface area (Å²) < 4.78 is 37.8. The van der Waals surface area contributed by atoms with Crippen LogP contribution in [0.1, 0.15) is 24.8 Å². The molecular weight excluding hydrogens is 452 g/mol. The lowest BCUT2D eigenvalue weighted by Crippen LogP contribution is -2.45. The number of amides is 1. The third-order valence-electron chi connectivity index (χ3n) is 5.60. The quantitative estimate of drug-likeness (QED) is 0.555. The Hall–Kier alpha value is -2.29. The van der Waals surface area contributed by atoms with E-state index >= 15 is 0 Å². The van der Waals surface area contributed by atoms with Crippen molar-refractivity contribution < 1.29 is 22.7 Å². The number of carbonyl (C=O) groups is 1. The Morgan fingerprint density at radius 1 is 1.12 bits per heavy atom. The third kappa shape index (κ3) is 5.94. The largest absolute Gasteiger partial charge is 0.493 e. The van der Waals surface area contributed by atoms with E-state index in [1.807, 2.05) is 18.2 Å². The van der Waals surface area contributed by atoms with Gasteiger partial charge in [0.2, 0.25) is 15.9 Å². The lowest BCUT2D eigenvalue weighted by atomic mass is 9.99. The van der Waals surface area contributed by atoms with E-state index in [1.54, 1.807) is 26.4 Å². The molecule has 0 bridgehead atoms. The maximum absolute atomic E-state index is 12.9. The summed E-state index contributed by atoms with van der Waals surface area (Å²) in [7, 11) is -0.449. The van der Waals surface area contributed by atoms with Gasteiger partial charge in [0.15, 0.2) is 11.5 Å². The van der Waals surface area contributed by atoms with Gasteiger partial charge in [0.05, 0.1) is 25.0 Å². The van der Waals surface area contributed by atoms with E-state index in [1.165, 1.54) is 16.4 Å². The molecule has 1 heterocycles. The van der Waals surface area contributed by atoms with Crippen molar-refractivity contribution >= 4 is 27.5 Å². The van der Waals surface area contributed by atoms with Gasteiger partial charge in [-0.05, 0) is 67.6 Å². The smallest absolute Gasteiger partial charge is 0.243 e. The number of hydrogen-bond donors (Lipinski definition) is 1. The standard InChI is InChI=1S/C23H29ClN2O5S/c1-30-21-12-7-17(15-22(21)31-2)5-3-13-25-23(27)18-6-4-14-26(16-18)32(28,29)20-10-8-19(24)9-11-20/h7-12,15,18H,3-6,13-14,16H2,1-2H3,(H,25,27)/t18-/m1/s1. The number of methoxy groups -OCH3 is 2. The molecule has 1 aliphatic rings. The summed E-state index contributed by atoms with van der Waals surface area (Å²) in [5, 5.41) is 3.44. The molecule has 0 aromatic heterocycles. The van der Waals surface area contributed by atoms with Crippen LogP contribution in [0.5, 0.6) is 11.5 Å². The highest BCUT2D eigenvalue weighted by molar-refractivity contribution is 7.89. The van der Waals surface area contributed by atoms with E-state index < -0.39 is 10.0 Å². The molecule has 0 radical (unpaired) electrons. The minimum absolute atomic E-state index is 0.103. The van der Waals surface area contributed by atoms with E-state index in [4.69, 9.17) is 21.1 Å². The van der Waals surface area contributed by atoms with E-state index in [2.05, 4.69) is 5.32 Å². The molecule has 7 nitrogen and oxygen atoms in total. The molecule has 0 aliphatic carbocycles. The van der Waals surface area contributed by atoms with Crippen LogP contribution in [-0.2, 0) is 21.2 Å². The number of halogens is 1. The molecule has 9 heteroatoms. The molecule has 1 amide bonds. The number of nitrogens with zero attached hydrogens (tertiary/aromatic N) is 1. The Labute approximate surface area is 194 Å². The van der Waals surface area contributed by atoms with Gasteiger partial charge in [-0.15, -0.1) is 0 Å². The van der Waals surface area contributed by atoms with Crippen LogP contribution in [0.4, 0.5) is 0 Å². The number of piperidine rings is 1. The van der Waals surface area contributed by atoms with Crippen LogP contribution >= 0.6 is 11.6 Å². The fraction of sp³-hybridized carbons (Fsp3) is 0.435. The van der Waals surface area contributed by atoms with Crippen molar-refractivity contribution in [1.82, 2.24) is 9.62 Å². The zero-order valence-corrected chi connectivity index (χ0v) is 19.9. The van der Waals surface area contributed by atoms with Crippen molar-refractivity contribution in [2.24, 2.45) is 5.92 Å². The van der Waals surface area contributed by atoms with E-state index in [9.17, 15) is 13.2 Å². The summed E-state index contributed by atoms with van der Waals surface area (Å²) in [6, 6.07) is 11.9. The summed E-state index contributed by atoms with van der Waals surface area (Å²) in [6.45, 7) is 1.12. The Bertz CT molecular complexity index is 1030. The summed E-state index contributed by atoms with van der Waals surface area (Å²) in [5.41, 5.74) is 1.09. The fourth-order valence-electron chi connectivity index (χ4n) is 3.81. The second-order valence-corrected chi connectivity index (χ2v) is 10.1. The highest BCUT2D eigenvalue weighted by Gasteiger charge is 2.33. The van der Waals surface area contributed by atoms with Crippen LogP contribution in [0.2, 0.25) is 5.02 Å². The van der Waals surface area contributed by atoms with Crippen LogP contribution < -0.4 is 14.8 Å². The molecule has 0 saturated carbocycles. The molecule has 1 aliphatic heterocycles. The van der Waals surface area contributed by atoms with Gasteiger partial charge in [0.1, 0.15) is 0 Å². The van der Waals surface area contributed by atoms with Crippen LogP contribution in [-0.4, -0.2) is 52.5 Å². The molecule has 32 heavy (non-hydrogen) atoms. The number of aryl methyl sites for hydroxylation is 1. The summed E-state index contributed by atoms with van der Waals surface area (Å²) in [4.78, 5) is 12.9. The first-order valence-electron chi connectivity index (χ1n) is 10.6. The lowest BCUT2D eigenvalue weighted by Gasteiger charge is -2.31. The van der Waals surface area contributed by atoms with E-state index in [0.29, 0.717) is 42.5 Å². The van der Waals surface area contributed by atoms with Gasteiger partial charge in [-0.3, -0.25) is 4.79 Å². The van der Waals surface area contributed by atoms with Crippen molar-refractivity contribution in [3.63, 3.8) is 0 Å². The van der Waals surface area contributed by atoms with Gasteiger partial charge >= 0.3 is 0 Å². The van der Waals surface area contributed by atoms with Crippen molar-refractivity contribution in [2.45, 2.75) is 30.6 Å². The summed E-state index contributed by atoms with van der Waals surface area (Å²) >= 11 is 5.87. The molecule has 2 aromatic carbocycles. The first kappa shape index (κ1) is 24.4. The number of hydrogen-bond acceptors (Lipinski definition) is 5. The number of ether oxygens (including phenoxy) is 2. The molecule has 3 rings (SSSR count). The van der Waals surface area contributed by atoms with Gasteiger partial charge in [0, 0.05) is 24.7 Å². The summed E-state index contributed by atoms with van der Waals surface area (Å²) in [5.74, 6) is 0.901. The zero-order valence-electron chi connectivity index (χ0n) is 18.3. The number of nitrogens with one attached hydrogen (secondary N) is 1. The normalized spacial score (nSPS) is 17.0. The Morgan fingerprint density at radius 3 is 2.53 bits per heavy atom. The molecule has 2 aromatic rings. The molecule has 0 unspecified atom stereocenters. The molecule has 1 saturated heterocycles. The van der Waals surface area contributed by atoms with Crippen molar-refractivity contribution in [3.05, 3.63) is 53.1 Å². The Kier molecular flexibility index (Phi) is 8.39. The zero-order chi connectivity index (χ0) is 23.1. The van der Waals surface area contributed by atoms with E-state index in [0.717, 1.165) is 18.4 Å². The van der Waals surface area contributed by atoms with Gasteiger partial charge in [0.25, 0.3) is 0 Å².